The van der Waals surface area contributed by atoms with Crippen molar-refractivity contribution in [1.82, 2.24) is 15.2 Å². The van der Waals surface area contributed by atoms with Gasteiger partial charge in [0, 0.05) is 18.5 Å². The van der Waals surface area contributed by atoms with Crippen LogP contribution in [0.3, 0.4) is 0 Å². The molecule has 1 aromatic heterocycles. The summed E-state index contributed by atoms with van der Waals surface area (Å²) in [6.45, 7) is 7.71. The topological polar surface area (TPSA) is 45.2 Å². The zero-order valence-corrected chi connectivity index (χ0v) is 11.9. The van der Waals surface area contributed by atoms with Gasteiger partial charge in [0.1, 0.15) is 5.69 Å². The Bertz CT molecular complexity index is 399. The van der Waals surface area contributed by atoms with Crippen molar-refractivity contribution in [3.8, 4) is 0 Å². The molecule has 2 heterocycles. The molecule has 1 unspecified atom stereocenters. The van der Waals surface area contributed by atoms with Gasteiger partial charge in [-0.15, -0.1) is 11.3 Å². The Balaban J connectivity index is 1.97. The van der Waals surface area contributed by atoms with Gasteiger partial charge in [-0.1, -0.05) is 0 Å². The third kappa shape index (κ3) is 3.29. The van der Waals surface area contributed by atoms with Crippen LogP contribution >= 0.6 is 11.3 Å². The van der Waals surface area contributed by atoms with E-state index in [0.717, 1.165) is 31.2 Å². The smallest absolute Gasteiger partial charge is 0.273 e. The molecule has 0 spiro atoms. The maximum Gasteiger partial charge on any atom is 0.273 e. The molecule has 0 radical (unpaired) electrons. The van der Waals surface area contributed by atoms with Crippen LogP contribution in [0.2, 0.25) is 0 Å². The van der Waals surface area contributed by atoms with E-state index in [0.29, 0.717) is 11.6 Å². The zero-order valence-electron chi connectivity index (χ0n) is 11.1. The van der Waals surface area contributed by atoms with Gasteiger partial charge in [0.2, 0.25) is 0 Å². The second-order valence-corrected chi connectivity index (χ2v) is 5.87. The Hall–Kier alpha value is -0.940. The molecule has 1 fully saturated rings. The lowest BCUT2D eigenvalue weighted by Crippen LogP contribution is -2.41. The first kappa shape index (κ1) is 13.5. The maximum absolute atomic E-state index is 12.3. The number of aromatic nitrogens is 1. The molecule has 1 aliphatic heterocycles. The van der Waals surface area contributed by atoms with Crippen molar-refractivity contribution in [2.24, 2.45) is 5.92 Å². The number of hydrogen-bond acceptors (Lipinski definition) is 4. The molecule has 0 bridgehead atoms. The lowest BCUT2D eigenvalue weighted by atomic mass is 9.99. The predicted molar refractivity (Wildman–Crippen MR) is 74.0 cm³/mol. The van der Waals surface area contributed by atoms with Crippen LogP contribution in [0.25, 0.3) is 0 Å². The lowest BCUT2D eigenvalue weighted by molar-refractivity contribution is 0.0724. The van der Waals surface area contributed by atoms with Crippen LogP contribution in [0.15, 0.2) is 5.38 Å². The number of rotatable bonds is 4. The first-order valence-electron chi connectivity index (χ1n) is 6.62. The predicted octanol–water partition coefficient (Wildman–Crippen LogP) is 1.91. The molecule has 0 aromatic carbocycles. The molecular formula is C13H21N3OS. The van der Waals surface area contributed by atoms with E-state index >= 15 is 0 Å². The van der Waals surface area contributed by atoms with Crippen molar-refractivity contribution in [2.45, 2.75) is 26.7 Å². The minimum atomic E-state index is 0.0763. The number of nitrogens with zero attached hydrogens (tertiary/aromatic N) is 2. The fraction of sp³-hybridized carbons (Fsp3) is 0.692. The lowest BCUT2D eigenvalue weighted by Gasteiger charge is -2.29. The Morgan fingerprint density at radius 2 is 2.50 bits per heavy atom. The van der Waals surface area contributed by atoms with Gasteiger partial charge in [0.15, 0.2) is 0 Å². The van der Waals surface area contributed by atoms with Crippen LogP contribution in [-0.2, 0) is 0 Å². The Kier molecular flexibility index (Phi) is 4.72. The van der Waals surface area contributed by atoms with Crippen LogP contribution in [-0.4, -0.2) is 42.0 Å². The molecule has 2 rings (SSSR count). The molecule has 1 N–H and O–H groups in total. The van der Waals surface area contributed by atoms with Crippen LogP contribution < -0.4 is 5.32 Å². The number of nitrogens with one attached hydrogen (secondary N) is 1. The van der Waals surface area contributed by atoms with E-state index in [9.17, 15) is 4.79 Å². The molecule has 0 aliphatic carbocycles. The molecule has 1 atom stereocenters. The number of aryl methyl sites for hydroxylation is 1. The minimum absolute atomic E-state index is 0.0763. The highest BCUT2D eigenvalue weighted by Gasteiger charge is 2.21. The molecule has 0 saturated carbocycles. The average molecular weight is 267 g/mol. The Morgan fingerprint density at radius 1 is 1.67 bits per heavy atom. The summed E-state index contributed by atoms with van der Waals surface area (Å²) in [6.07, 6.45) is 2.43. The zero-order chi connectivity index (χ0) is 13.0. The van der Waals surface area contributed by atoms with Crippen LogP contribution in [0.4, 0.5) is 0 Å². The van der Waals surface area contributed by atoms with Crippen molar-refractivity contribution in [2.75, 3.05) is 26.2 Å². The summed E-state index contributed by atoms with van der Waals surface area (Å²) in [5, 5.41) is 6.21. The van der Waals surface area contributed by atoms with E-state index in [-0.39, 0.29) is 5.91 Å². The second kappa shape index (κ2) is 6.29. The van der Waals surface area contributed by atoms with Crippen molar-refractivity contribution < 1.29 is 4.79 Å². The molecule has 1 amide bonds. The fourth-order valence-electron chi connectivity index (χ4n) is 2.37. The quantitative estimate of drug-likeness (QED) is 0.906. The molecule has 1 aliphatic rings. The molecule has 1 saturated heterocycles. The minimum Gasteiger partial charge on any atom is -0.337 e. The van der Waals surface area contributed by atoms with E-state index in [1.165, 1.54) is 24.2 Å². The summed E-state index contributed by atoms with van der Waals surface area (Å²) >= 11 is 1.54. The standard InChI is InChI=1S/C13H21N3OS/c1-3-16(8-11-5-4-6-14-7-11)13(17)12-9-18-10(2)15-12/h9,11,14H,3-8H2,1-2H3. The van der Waals surface area contributed by atoms with E-state index in [4.69, 9.17) is 0 Å². The van der Waals surface area contributed by atoms with E-state index in [1.807, 2.05) is 24.1 Å². The Labute approximate surface area is 112 Å². The van der Waals surface area contributed by atoms with Crippen molar-refractivity contribution in [1.29, 1.82) is 0 Å². The van der Waals surface area contributed by atoms with Gasteiger partial charge in [0.05, 0.1) is 5.01 Å². The summed E-state index contributed by atoms with van der Waals surface area (Å²) in [7, 11) is 0. The third-order valence-electron chi connectivity index (χ3n) is 3.38. The monoisotopic (exact) mass is 267 g/mol. The van der Waals surface area contributed by atoms with Gasteiger partial charge in [-0.3, -0.25) is 4.79 Å². The van der Waals surface area contributed by atoms with Crippen molar-refractivity contribution >= 4 is 17.2 Å². The fourth-order valence-corrected chi connectivity index (χ4v) is 2.96. The summed E-state index contributed by atoms with van der Waals surface area (Å²) < 4.78 is 0. The van der Waals surface area contributed by atoms with Crippen LogP contribution in [0, 0.1) is 12.8 Å². The van der Waals surface area contributed by atoms with Gasteiger partial charge >= 0.3 is 0 Å². The summed E-state index contributed by atoms with van der Waals surface area (Å²) in [4.78, 5) is 18.5. The average Bonchev–Trinajstić information content (AvgIpc) is 2.83. The molecule has 18 heavy (non-hydrogen) atoms. The van der Waals surface area contributed by atoms with Crippen LogP contribution in [0.5, 0.6) is 0 Å². The van der Waals surface area contributed by atoms with Crippen molar-refractivity contribution in [3.63, 3.8) is 0 Å². The van der Waals surface area contributed by atoms with Gasteiger partial charge < -0.3 is 10.2 Å². The summed E-state index contributed by atoms with van der Waals surface area (Å²) in [5.74, 6) is 0.662. The second-order valence-electron chi connectivity index (χ2n) is 4.81. The maximum atomic E-state index is 12.3. The first-order chi connectivity index (χ1) is 8.70. The van der Waals surface area contributed by atoms with Gasteiger partial charge in [-0.2, -0.15) is 0 Å². The van der Waals surface area contributed by atoms with Gasteiger partial charge in [-0.25, -0.2) is 4.98 Å². The number of piperidine rings is 1. The van der Waals surface area contributed by atoms with E-state index in [2.05, 4.69) is 10.3 Å². The molecule has 1 aromatic rings. The molecule has 5 heteroatoms. The number of hydrogen-bond donors (Lipinski definition) is 1. The number of thiazole rings is 1. The third-order valence-corrected chi connectivity index (χ3v) is 4.16. The number of carbonyl (C=O) groups is 1. The van der Waals surface area contributed by atoms with Crippen molar-refractivity contribution in [3.05, 3.63) is 16.1 Å². The van der Waals surface area contributed by atoms with Crippen LogP contribution in [0.1, 0.15) is 35.3 Å². The largest absolute Gasteiger partial charge is 0.337 e. The SMILES string of the molecule is CCN(CC1CCCNC1)C(=O)c1csc(C)n1. The molecular weight excluding hydrogens is 246 g/mol. The summed E-state index contributed by atoms with van der Waals surface area (Å²) in [6, 6.07) is 0. The Morgan fingerprint density at radius 3 is 3.06 bits per heavy atom. The normalized spacial score (nSPS) is 19.8. The number of carbonyl (C=O) groups excluding carboxylic acids is 1. The van der Waals surface area contributed by atoms with Gasteiger partial charge in [0.25, 0.3) is 5.91 Å². The molecule has 100 valence electrons. The van der Waals surface area contributed by atoms with Gasteiger partial charge in [-0.05, 0) is 45.7 Å². The highest BCUT2D eigenvalue weighted by Crippen LogP contribution is 2.15. The molecule has 4 nitrogen and oxygen atoms in total. The van der Waals surface area contributed by atoms with E-state index in [1.54, 1.807) is 0 Å². The highest BCUT2D eigenvalue weighted by atomic mass is 32.1. The summed E-state index contributed by atoms with van der Waals surface area (Å²) in [5.41, 5.74) is 0.600. The highest BCUT2D eigenvalue weighted by molar-refractivity contribution is 7.09. The number of amides is 1. The first-order valence-corrected chi connectivity index (χ1v) is 7.50. The van der Waals surface area contributed by atoms with E-state index < -0.39 is 0 Å².